The number of carboxylic acid groups (broad SMARTS) is 1. The maximum atomic E-state index is 13.1. The van der Waals surface area contributed by atoms with Gasteiger partial charge in [-0.25, -0.2) is 9.18 Å². The molecule has 1 aromatic carbocycles. The zero-order valence-corrected chi connectivity index (χ0v) is 11.0. The molecule has 0 bridgehead atoms. The molecule has 1 amide bonds. The highest BCUT2D eigenvalue weighted by Gasteiger charge is 2.17. The number of carboxylic acids is 1. The van der Waals surface area contributed by atoms with Crippen LogP contribution in [0.2, 0.25) is 0 Å². The number of methoxy groups -OCH3 is 1. The van der Waals surface area contributed by atoms with Gasteiger partial charge in [0.1, 0.15) is 11.6 Å². The number of halogens is 1. The van der Waals surface area contributed by atoms with E-state index in [9.17, 15) is 14.0 Å². The van der Waals surface area contributed by atoms with Gasteiger partial charge in [-0.2, -0.15) is 0 Å². The molecule has 0 aliphatic carbocycles. The second-order valence-corrected chi connectivity index (χ2v) is 4.03. The van der Waals surface area contributed by atoms with Crippen molar-refractivity contribution in [3.63, 3.8) is 0 Å². The molecule has 108 valence electrons. The van der Waals surface area contributed by atoms with Crippen LogP contribution in [0.5, 0.6) is 5.75 Å². The summed E-state index contributed by atoms with van der Waals surface area (Å²) in [5.74, 6) is -2.38. The molecule has 0 aliphatic rings. The average Bonchev–Trinajstić information content (AvgIpc) is 2.48. The molecule has 0 saturated carbocycles. The lowest BCUT2D eigenvalue weighted by Gasteiger charge is -2.10. The minimum Gasteiger partial charge on any atom is -0.494 e. The summed E-state index contributed by atoms with van der Waals surface area (Å²) in [5, 5.41) is 11.4. The van der Waals surface area contributed by atoms with Gasteiger partial charge in [0, 0.05) is 6.20 Å². The molecule has 0 fully saturated rings. The number of carbonyl (C=O) groups excluding carboxylic acids is 1. The Balaban J connectivity index is 2.34. The van der Waals surface area contributed by atoms with Crippen LogP contribution in [0.25, 0.3) is 0 Å². The number of aromatic carboxylic acids is 1. The van der Waals surface area contributed by atoms with E-state index in [4.69, 9.17) is 9.84 Å². The predicted octanol–water partition coefficient (Wildman–Crippen LogP) is 2.18. The van der Waals surface area contributed by atoms with Gasteiger partial charge in [0.05, 0.1) is 30.1 Å². The van der Waals surface area contributed by atoms with Crippen molar-refractivity contribution in [1.82, 2.24) is 4.98 Å². The summed E-state index contributed by atoms with van der Waals surface area (Å²) < 4.78 is 18.1. The first kappa shape index (κ1) is 14.4. The van der Waals surface area contributed by atoms with Crippen molar-refractivity contribution in [3.8, 4) is 5.75 Å². The number of hydrogen-bond acceptors (Lipinski definition) is 4. The number of rotatable bonds is 4. The zero-order valence-electron chi connectivity index (χ0n) is 11.0. The van der Waals surface area contributed by atoms with Crippen molar-refractivity contribution in [3.05, 3.63) is 53.6 Å². The number of amides is 1. The Labute approximate surface area is 119 Å². The van der Waals surface area contributed by atoms with E-state index < -0.39 is 17.7 Å². The van der Waals surface area contributed by atoms with E-state index >= 15 is 0 Å². The van der Waals surface area contributed by atoms with Gasteiger partial charge >= 0.3 is 5.97 Å². The molecular weight excluding hydrogens is 279 g/mol. The molecule has 0 atom stereocenters. The van der Waals surface area contributed by atoms with Gasteiger partial charge in [0.25, 0.3) is 5.91 Å². The van der Waals surface area contributed by atoms with E-state index in [0.717, 1.165) is 12.1 Å². The predicted molar refractivity (Wildman–Crippen MR) is 72.1 cm³/mol. The molecule has 6 nitrogen and oxygen atoms in total. The smallest absolute Gasteiger partial charge is 0.337 e. The maximum absolute atomic E-state index is 13.1. The lowest BCUT2D eigenvalue weighted by molar-refractivity contribution is 0.0697. The van der Waals surface area contributed by atoms with E-state index in [1.165, 1.54) is 31.6 Å². The van der Waals surface area contributed by atoms with Gasteiger partial charge in [0.15, 0.2) is 0 Å². The Kier molecular flexibility index (Phi) is 4.13. The second-order valence-electron chi connectivity index (χ2n) is 4.03. The summed E-state index contributed by atoms with van der Waals surface area (Å²) in [6, 6.07) is 4.51. The summed E-state index contributed by atoms with van der Waals surface area (Å²) in [6.45, 7) is 0. The zero-order chi connectivity index (χ0) is 15.4. The molecule has 0 spiro atoms. The molecule has 7 heteroatoms. The Morgan fingerprint density at radius 2 is 2.05 bits per heavy atom. The number of carbonyl (C=O) groups is 2. The Hall–Kier alpha value is -2.96. The largest absolute Gasteiger partial charge is 0.494 e. The van der Waals surface area contributed by atoms with Gasteiger partial charge in [-0.3, -0.25) is 9.78 Å². The quantitative estimate of drug-likeness (QED) is 0.901. The fraction of sp³-hybridized carbons (Fsp3) is 0.0714. The number of benzene rings is 1. The molecule has 2 N–H and O–H groups in total. The molecule has 2 rings (SSSR count). The van der Waals surface area contributed by atoms with Crippen LogP contribution < -0.4 is 10.1 Å². The molecule has 0 aliphatic heterocycles. The van der Waals surface area contributed by atoms with Crippen LogP contribution in [0.4, 0.5) is 10.1 Å². The van der Waals surface area contributed by atoms with Crippen LogP contribution in [0.3, 0.4) is 0 Å². The van der Waals surface area contributed by atoms with Crippen LogP contribution in [0, 0.1) is 5.82 Å². The van der Waals surface area contributed by atoms with Gasteiger partial charge in [-0.15, -0.1) is 0 Å². The fourth-order valence-electron chi connectivity index (χ4n) is 1.72. The maximum Gasteiger partial charge on any atom is 0.337 e. The van der Waals surface area contributed by atoms with Crippen LogP contribution in [0.1, 0.15) is 20.7 Å². The number of pyridine rings is 1. The van der Waals surface area contributed by atoms with Gasteiger partial charge in [0.2, 0.25) is 0 Å². The lowest BCUT2D eigenvalue weighted by Crippen LogP contribution is -2.16. The van der Waals surface area contributed by atoms with Crippen molar-refractivity contribution in [2.75, 3.05) is 12.4 Å². The highest BCUT2D eigenvalue weighted by Crippen LogP contribution is 2.21. The average molecular weight is 290 g/mol. The number of aromatic nitrogens is 1. The first-order valence-electron chi connectivity index (χ1n) is 5.85. The van der Waals surface area contributed by atoms with Gasteiger partial charge in [-0.05, 0) is 24.3 Å². The summed E-state index contributed by atoms with van der Waals surface area (Å²) in [4.78, 5) is 27.0. The standard InChI is InChI=1S/C14H11FN2O4/c1-21-12-7-16-5-4-9(12)13(18)17-11-3-2-8(15)6-10(11)14(19)20/h2-7H,1H3,(H,17,18)(H,19,20). The highest BCUT2D eigenvalue weighted by atomic mass is 19.1. The fourth-order valence-corrected chi connectivity index (χ4v) is 1.72. The van der Waals surface area contributed by atoms with Crippen molar-refractivity contribution < 1.29 is 23.8 Å². The molecule has 0 saturated heterocycles. The number of hydrogen-bond donors (Lipinski definition) is 2. The minimum absolute atomic E-state index is 0.00670. The van der Waals surface area contributed by atoms with Crippen molar-refractivity contribution in [2.24, 2.45) is 0 Å². The molecule has 1 aromatic heterocycles. The molecule has 0 radical (unpaired) electrons. The SMILES string of the molecule is COc1cnccc1C(=O)Nc1ccc(F)cc1C(=O)O. The number of nitrogens with zero attached hydrogens (tertiary/aromatic N) is 1. The minimum atomic E-state index is -1.34. The monoisotopic (exact) mass is 290 g/mol. The number of ether oxygens (including phenoxy) is 1. The van der Waals surface area contributed by atoms with E-state index in [0.29, 0.717) is 0 Å². The second kappa shape index (κ2) is 6.00. The van der Waals surface area contributed by atoms with Crippen molar-refractivity contribution in [1.29, 1.82) is 0 Å². The number of nitrogens with one attached hydrogen (secondary N) is 1. The van der Waals surface area contributed by atoms with E-state index in [2.05, 4.69) is 10.3 Å². The van der Waals surface area contributed by atoms with E-state index in [-0.39, 0.29) is 22.6 Å². The molecular formula is C14H11FN2O4. The third kappa shape index (κ3) is 3.14. The van der Waals surface area contributed by atoms with Crippen molar-refractivity contribution >= 4 is 17.6 Å². The van der Waals surface area contributed by atoms with Crippen molar-refractivity contribution in [2.45, 2.75) is 0 Å². The molecule has 21 heavy (non-hydrogen) atoms. The first-order valence-corrected chi connectivity index (χ1v) is 5.85. The number of anilines is 1. The Morgan fingerprint density at radius 1 is 1.29 bits per heavy atom. The van der Waals surface area contributed by atoms with Crippen LogP contribution >= 0.6 is 0 Å². The van der Waals surface area contributed by atoms with E-state index in [1.54, 1.807) is 0 Å². The Bertz CT molecular complexity index is 703. The molecule has 0 unspecified atom stereocenters. The normalized spacial score (nSPS) is 10.0. The summed E-state index contributed by atoms with van der Waals surface area (Å²) in [7, 11) is 1.38. The van der Waals surface area contributed by atoms with E-state index in [1.807, 2.05) is 0 Å². The third-order valence-corrected chi connectivity index (χ3v) is 2.71. The summed E-state index contributed by atoms with van der Waals surface area (Å²) in [6.07, 6.45) is 2.76. The van der Waals surface area contributed by atoms with Crippen LogP contribution in [-0.2, 0) is 0 Å². The van der Waals surface area contributed by atoms with Crippen LogP contribution in [-0.4, -0.2) is 29.1 Å². The third-order valence-electron chi connectivity index (χ3n) is 2.71. The molecule has 1 heterocycles. The first-order chi connectivity index (χ1) is 10.0. The van der Waals surface area contributed by atoms with Gasteiger partial charge < -0.3 is 15.2 Å². The lowest BCUT2D eigenvalue weighted by atomic mass is 10.1. The van der Waals surface area contributed by atoms with Gasteiger partial charge in [-0.1, -0.05) is 0 Å². The highest BCUT2D eigenvalue weighted by molar-refractivity contribution is 6.09. The van der Waals surface area contributed by atoms with Crippen LogP contribution in [0.15, 0.2) is 36.7 Å². The summed E-state index contributed by atoms with van der Waals surface area (Å²) in [5.41, 5.74) is -0.155. The molecule has 2 aromatic rings. The summed E-state index contributed by atoms with van der Waals surface area (Å²) >= 11 is 0. The Morgan fingerprint density at radius 3 is 2.71 bits per heavy atom. The topological polar surface area (TPSA) is 88.5 Å².